The van der Waals surface area contributed by atoms with Crippen molar-refractivity contribution in [2.45, 2.75) is 18.9 Å². The lowest BCUT2D eigenvalue weighted by Gasteiger charge is -2.03. The molecule has 1 aromatic heterocycles. The maximum atomic E-state index is 13.0. The van der Waals surface area contributed by atoms with Gasteiger partial charge in [-0.1, -0.05) is 6.92 Å². The van der Waals surface area contributed by atoms with Crippen LogP contribution in [-0.2, 0) is 5.60 Å². The molecule has 1 N–H and O–H groups in total. The zero-order valence-corrected chi connectivity index (χ0v) is 9.14. The van der Waals surface area contributed by atoms with Gasteiger partial charge in [-0.05, 0) is 42.0 Å². The average Bonchev–Trinajstić information content (AvgIpc) is 2.62. The molecular formula is C12H11FOS. The summed E-state index contributed by atoms with van der Waals surface area (Å²) >= 11 is 1.56. The molecule has 78 valence electrons. The Bertz CT molecular complexity index is 533. The van der Waals surface area contributed by atoms with Crippen molar-refractivity contribution in [2.24, 2.45) is 5.92 Å². The van der Waals surface area contributed by atoms with Gasteiger partial charge in [0.2, 0.25) is 0 Å². The summed E-state index contributed by atoms with van der Waals surface area (Å²) in [4.78, 5) is 0.968. The monoisotopic (exact) mass is 222 g/mol. The van der Waals surface area contributed by atoms with Crippen LogP contribution in [0.4, 0.5) is 4.39 Å². The topological polar surface area (TPSA) is 20.2 Å². The van der Waals surface area contributed by atoms with Gasteiger partial charge in [0, 0.05) is 9.58 Å². The Kier molecular flexibility index (Phi) is 1.74. The second kappa shape index (κ2) is 2.80. The van der Waals surface area contributed by atoms with Crippen LogP contribution in [-0.4, -0.2) is 5.11 Å². The van der Waals surface area contributed by atoms with Crippen molar-refractivity contribution in [3.8, 4) is 0 Å². The van der Waals surface area contributed by atoms with E-state index in [0.717, 1.165) is 21.4 Å². The number of halogens is 1. The van der Waals surface area contributed by atoms with Gasteiger partial charge in [-0.3, -0.25) is 0 Å². The van der Waals surface area contributed by atoms with E-state index in [1.807, 2.05) is 13.0 Å². The number of fused-ring (bicyclic) bond motifs is 1. The van der Waals surface area contributed by atoms with Crippen LogP contribution >= 0.6 is 11.3 Å². The normalized spacial score (nSPS) is 29.7. The highest BCUT2D eigenvalue weighted by Gasteiger charge is 2.52. The minimum absolute atomic E-state index is 0.220. The first kappa shape index (κ1) is 9.31. The molecule has 0 bridgehead atoms. The standard InChI is InChI=1S/C12H11FOS/c1-7-6-12(7,14)11-5-8-4-9(13)2-3-10(8)15-11/h2-5,7,14H,6H2,1H3. The van der Waals surface area contributed by atoms with Crippen LogP contribution in [0.3, 0.4) is 0 Å². The number of rotatable bonds is 1. The van der Waals surface area contributed by atoms with Crippen LogP contribution in [0.5, 0.6) is 0 Å². The molecule has 1 nitrogen and oxygen atoms in total. The van der Waals surface area contributed by atoms with E-state index in [2.05, 4.69) is 0 Å². The lowest BCUT2D eigenvalue weighted by molar-refractivity contribution is 0.139. The summed E-state index contributed by atoms with van der Waals surface area (Å²) in [5.74, 6) is 0.109. The van der Waals surface area contributed by atoms with E-state index in [9.17, 15) is 9.50 Å². The van der Waals surface area contributed by atoms with Crippen molar-refractivity contribution in [1.82, 2.24) is 0 Å². The number of aliphatic hydroxyl groups is 1. The molecule has 3 rings (SSSR count). The largest absolute Gasteiger partial charge is 0.384 e. The molecule has 2 atom stereocenters. The average molecular weight is 222 g/mol. The van der Waals surface area contributed by atoms with Crippen LogP contribution < -0.4 is 0 Å². The third kappa shape index (κ3) is 1.30. The fourth-order valence-corrected chi connectivity index (χ4v) is 3.23. The molecule has 1 aliphatic carbocycles. The molecule has 2 aromatic rings. The van der Waals surface area contributed by atoms with Gasteiger partial charge < -0.3 is 5.11 Å². The summed E-state index contributed by atoms with van der Waals surface area (Å²) in [6.07, 6.45) is 0.822. The first-order chi connectivity index (χ1) is 7.09. The SMILES string of the molecule is CC1CC1(O)c1cc2cc(F)ccc2s1. The summed E-state index contributed by atoms with van der Waals surface area (Å²) < 4.78 is 14.0. The number of thiophene rings is 1. The molecule has 0 amide bonds. The van der Waals surface area contributed by atoms with Crippen LogP contribution in [0.15, 0.2) is 24.3 Å². The van der Waals surface area contributed by atoms with E-state index in [4.69, 9.17) is 0 Å². The predicted octanol–water partition coefficient (Wildman–Crippen LogP) is 3.27. The number of benzene rings is 1. The second-order valence-electron chi connectivity index (χ2n) is 4.32. The van der Waals surface area contributed by atoms with Crippen molar-refractivity contribution >= 4 is 21.4 Å². The molecule has 0 radical (unpaired) electrons. The number of hydrogen-bond donors (Lipinski definition) is 1. The summed E-state index contributed by atoms with van der Waals surface area (Å²) in [5, 5.41) is 11.0. The van der Waals surface area contributed by atoms with Gasteiger partial charge in [-0.25, -0.2) is 4.39 Å². The highest BCUT2D eigenvalue weighted by molar-refractivity contribution is 7.19. The van der Waals surface area contributed by atoms with E-state index in [-0.39, 0.29) is 5.82 Å². The van der Waals surface area contributed by atoms with Crippen LogP contribution in [0.25, 0.3) is 10.1 Å². The second-order valence-corrected chi connectivity index (χ2v) is 5.41. The van der Waals surface area contributed by atoms with E-state index in [1.54, 1.807) is 17.4 Å². The van der Waals surface area contributed by atoms with Gasteiger partial charge in [0.1, 0.15) is 11.4 Å². The minimum Gasteiger partial charge on any atom is -0.384 e. The molecule has 0 spiro atoms. The van der Waals surface area contributed by atoms with E-state index >= 15 is 0 Å². The fourth-order valence-electron chi connectivity index (χ4n) is 1.98. The molecule has 3 heteroatoms. The molecule has 15 heavy (non-hydrogen) atoms. The third-order valence-corrected chi connectivity index (χ3v) is 4.46. The molecular weight excluding hydrogens is 211 g/mol. The molecule has 1 heterocycles. The van der Waals surface area contributed by atoms with Crippen molar-refractivity contribution in [3.63, 3.8) is 0 Å². The van der Waals surface area contributed by atoms with Gasteiger partial charge in [-0.2, -0.15) is 0 Å². The Balaban J connectivity index is 2.15. The first-order valence-electron chi connectivity index (χ1n) is 5.01. The molecule has 0 aliphatic heterocycles. The van der Waals surface area contributed by atoms with E-state index in [1.165, 1.54) is 12.1 Å². The Morgan fingerprint density at radius 3 is 2.87 bits per heavy atom. The molecule has 0 saturated heterocycles. The predicted molar refractivity (Wildman–Crippen MR) is 59.5 cm³/mol. The van der Waals surface area contributed by atoms with Gasteiger partial charge in [0.05, 0.1) is 0 Å². The first-order valence-corrected chi connectivity index (χ1v) is 5.83. The summed E-state index contributed by atoms with van der Waals surface area (Å²) in [5.41, 5.74) is -0.639. The Hall–Kier alpha value is -0.930. The maximum Gasteiger partial charge on any atom is 0.123 e. The van der Waals surface area contributed by atoms with Crippen molar-refractivity contribution in [3.05, 3.63) is 35.0 Å². The van der Waals surface area contributed by atoms with Gasteiger partial charge in [0.15, 0.2) is 0 Å². The highest BCUT2D eigenvalue weighted by Crippen LogP contribution is 2.54. The van der Waals surface area contributed by atoms with E-state index in [0.29, 0.717) is 5.92 Å². The molecule has 1 aliphatic rings. The zero-order valence-electron chi connectivity index (χ0n) is 8.33. The Morgan fingerprint density at radius 1 is 1.47 bits per heavy atom. The van der Waals surface area contributed by atoms with Crippen molar-refractivity contribution in [2.75, 3.05) is 0 Å². The maximum absolute atomic E-state index is 13.0. The summed E-state index contributed by atoms with van der Waals surface area (Å²) in [7, 11) is 0. The van der Waals surface area contributed by atoms with Gasteiger partial charge in [-0.15, -0.1) is 11.3 Å². The quantitative estimate of drug-likeness (QED) is 0.785. The van der Waals surface area contributed by atoms with Crippen LogP contribution in [0.2, 0.25) is 0 Å². The van der Waals surface area contributed by atoms with Crippen molar-refractivity contribution in [1.29, 1.82) is 0 Å². The summed E-state index contributed by atoms with van der Waals surface area (Å²) in [6, 6.07) is 6.66. The number of hydrogen-bond acceptors (Lipinski definition) is 2. The molecule has 2 unspecified atom stereocenters. The molecule has 1 saturated carbocycles. The smallest absolute Gasteiger partial charge is 0.123 e. The van der Waals surface area contributed by atoms with Gasteiger partial charge >= 0.3 is 0 Å². The molecule has 1 fully saturated rings. The van der Waals surface area contributed by atoms with Crippen LogP contribution in [0.1, 0.15) is 18.2 Å². The Morgan fingerprint density at radius 2 is 2.20 bits per heavy atom. The van der Waals surface area contributed by atoms with Crippen molar-refractivity contribution < 1.29 is 9.50 Å². The minimum atomic E-state index is -0.639. The van der Waals surface area contributed by atoms with Gasteiger partial charge in [0.25, 0.3) is 0 Å². The molecule has 1 aromatic carbocycles. The lowest BCUT2D eigenvalue weighted by atomic mass is 10.2. The lowest BCUT2D eigenvalue weighted by Crippen LogP contribution is -2.03. The van der Waals surface area contributed by atoms with E-state index < -0.39 is 5.60 Å². The van der Waals surface area contributed by atoms with Crippen LogP contribution in [0, 0.1) is 11.7 Å². The fraction of sp³-hybridized carbons (Fsp3) is 0.333. The third-order valence-electron chi connectivity index (χ3n) is 3.18. The highest BCUT2D eigenvalue weighted by atomic mass is 32.1. The zero-order chi connectivity index (χ0) is 10.6. The Labute approximate surface area is 91.2 Å². The summed E-state index contributed by atoms with van der Waals surface area (Å²) in [6.45, 7) is 2.03.